The van der Waals surface area contributed by atoms with Crippen LogP contribution >= 0.6 is 0 Å². The van der Waals surface area contributed by atoms with Crippen LogP contribution in [0.4, 0.5) is 4.79 Å². The first kappa shape index (κ1) is 23.2. The monoisotopic (exact) mass is 355 g/mol. The summed E-state index contributed by atoms with van der Waals surface area (Å²) in [6.07, 6.45) is 4.78. The number of alkyl carbamates (subject to hydrolysis) is 1. The summed E-state index contributed by atoms with van der Waals surface area (Å²) in [5, 5.41) is 12.2. The van der Waals surface area contributed by atoms with Crippen molar-refractivity contribution in [2.45, 2.75) is 71.1 Å². The van der Waals surface area contributed by atoms with E-state index in [1.807, 2.05) is 0 Å². The highest BCUT2D eigenvalue weighted by atomic mass is 16.6. The molecule has 0 spiro atoms. The van der Waals surface area contributed by atoms with Crippen LogP contribution in [0.2, 0.25) is 0 Å². The van der Waals surface area contributed by atoms with Gasteiger partial charge >= 0.3 is 12.1 Å². The molecule has 0 fully saturated rings. The second-order valence-electron chi connectivity index (χ2n) is 7.10. The Morgan fingerprint density at radius 2 is 1.72 bits per heavy atom. The van der Waals surface area contributed by atoms with Crippen molar-refractivity contribution in [1.29, 1.82) is 0 Å². The van der Waals surface area contributed by atoms with Crippen molar-refractivity contribution in [1.82, 2.24) is 5.32 Å². The molecule has 6 heteroatoms. The molecule has 0 radical (unpaired) electrons. The second kappa shape index (κ2) is 11.7. The van der Waals surface area contributed by atoms with E-state index in [1.54, 1.807) is 39.8 Å². The van der Waals surface area contributed by atoms with Crippen LogP contribution in [0.1, 0.15) is 53.4 Å². The lowest BCUT2D eigenvalue weighted by Crippen LogP contribution is -2.41. The van der Waals surface area contributed by atoms with E-state index in [1.165, 1.54) is 0 Å². The quantitative estimate of drug-likeness (QED) is 0.518. The van der Waals surface area contributed by atoms with Gasteiger partial charge in [-0.1, -0.05) is 12.2 Å². The number of allylic oxidation sites excluding steroid dienone is 2. The minimum Gasteiger partial charge on any atom is -0.481 e. The number of carbonyl (C=O) groups is 2. The van der Waals surface area contributed by atoms with Crippen molar-refractivity contribution < 1.29 is 24.2 Å². The SMILES string of the molecule is C=CCCC(OCC(C)NC(=O)OC(C)(C)C)C(CCC=C)C(=O)O. The summed E-state index contributed by atoms with van der Waals surface area (Å²) in [7, 11) is 0. The van der Waals surface area contributed by atoms with E-state index < -0.39 is 29.7 Å². The van der Waals surface area contributed by atoms with E-state index in [9.17, 15) is 14.7 Å². The number of ether oxygens (including phenoxy) is 2. The normalized spacial score (nSPS) is 14.9. The molecule has 0 saturated heterocycles. The first-order valence-corrected chi connectivity index (χ1v) is 8.66. The summed E-state index contributed by atoms with van der Waals surface area (Å²) in [4.78, 5) is 23.3. The van der Waals surface area contributed by atoms with Gasteiger partial charge in [-0.05, 0) is 53.4 Å². The Morgan fingerprint density at radius 1 is 1.16 bits per heavy atom. The third-order valence-electron chi connectivity index (χ3n) is 3.43. The molecule has 0 heterocycles. The molecule has 0 aromatic rings. The summed E-state index contributed by atoms with van der Waals surface area (Å²) in [5.74, 6) is -1.50. The van der Waals surface area contributed by atoms with Crippen LogP contribution < -0.4 is 5.32 Å². The van der Waals surface area contributed by atoms with Crippen molar-refractivity contribution in [3.8, 4) is 0 Å². The molecule has 144 valence electrons. The van der Waals surface area contributed by atoms with E-state index in [0.717, 1.165) is 0 Å². The summed E-state index contributed by atoms with van der Waals surface area (Å²) in [5.41, 5.74) is -0.573. The standard InChI is InChI=1S/C19H33NO5/c1-7-9-11-15(17(21)22)16(12-10-8-2)24-13-14(3)20-18(23)25-19(4,5)6/h7-8,14-16H,1-2,9-13H2,3-6H3,(H,20,23)(H,21,22). The van der Waals surface area contributed by atoms with Gasteiger partial charge in [-0.15, -0.1) is 13.2 Å². The van der Waals surface area contributed by atoms with Crippen molar-refractivity contribution in [3.05, 3.63) is 25.3 Å². The molecular formula is C19H33NO5. The molecule has 0 rings (SSSR count). The van der Waals surface area contributed by atoms with Crippen molar-refractivity contribution in [3.63, 3.8) is 0 Å². The van der Waals surface area contributed by atoms with Gasteiger partial charge in [0.2, 0.25) is 0 Å². The van der Waals surface area contributed by atoms with E-state index in [4.69, 9.17) is 9.47 Å². The highest BCUT2D eigenvalue weighted by Gasteiger charge is 2.28. The Hall–Kier alpha value is -1.82. The van der Waals surface area contributed by atoms with Crippen LogP contribution in [0.3, 0.4) is 0 Å². The average Bonchev–Trinajstić information content (AvgIpc) is 2.46. The summed E-state index contributed by atoms with van der Waals surface area (Å²) < 4.78 is 11.0. The van der Waals surface area contributed by atoms with Gasteiger partial charge in [0, 0.05) is 0 Å². The van der Waals surface area contributed by atoms with Crippen LogP contribution in [-0.2, 0) is 14.3 Å². The first-order valence-electron chi connectivity index (χ1n) is 8.66. The molecule has 2 N–H and O–H groups in total. The molecule has 0 saturated carbocycles. The maximum absolute atomic E-state index is 11.8. The van der Waals surface area contributed by atoms with Gasteiger partial charge < -0.3 is 19.9 Å². The van der Waals surface area contributed by atoms with Crippen molar-refractivity contribution in [2.24, 2.45) is 5.92 Å². The fourth-order valence-corrected chi connectivity index (χ4v) is 2.27. The number of carboxylic acid groups (broad SMARTS) is 1. The third kappa shape index (κ3) is 11.4. The maximum Gasteiger partial charge on any atom is 0.407 e. The molecule has 1 amide bonds. The Morgan fingerprint density at radius 3 is 2.20 bits per heavy atom. The minimum atomic E-state index is -0.885. The van der Waals surface area contributed by atoms with E-state index >= 15 is 0 Å². The average molecular weight is 355 g/mol. The van der Waals surface area contributed by atoms with E-state index in [0.29, 0.717) is 25.7 Å². The Bertz CT molecular complexity index is 442. The fourth-order valence-electron chi connectivity index (χ4n) is 2.27. The Labute approximate surface area is 151 Å². The topological polar surface area (TPSA) is 84.9 Å². The van der Waals surface area contributed by atoms with Crippen molar-refractivity contribution in [2.75, 3.05) is 6.61 Å². The van der Waals surface area contributed by atoms with Gasteiger partial charge in [0.25, 0.3) is 0 Å². The van der Waals surface area contributed by atoms with E-state index in [2.05, 4.69) is 18.5 Å². The molecule has 0 aliphatic heterocycles. The number of hydrogen-bond acceptors (Lipinski definition) is 4. The van der Waals surface area contributed by atoms with Gasteiger partial charge in [-0.3, -0.25) is 4.79 Å². The van der Waals surface area contributed by atoms with Gasteiger partial charge in [0.1, 0.15) is 5.60 Å². The Kier molecular flexibility index (Phi) is 10.8. The molecule has 25 heavy (non-hydrogen) atoms. The highest BCUT2D eigenvalue weighted by molar-refractivity contribution is 5.70. The third-order valence-corrected chi connectivity index (χ3v) is 3.43. The number of amides is 1. The summed E-state index contributed by atoms with van der Waals surface area (Å²) >= 11 is 0. The first-order chi connectivity index (χ1) is 11.6. The molecule has 3 atom stereocenters. The lowest BCUT2D eigenvalue weighted by Gasteiger charge is -2.26. The predicted molar refractivity (Wildman–Crippen MR) is 98.6 cm³/mol. The number of nitrogens with one attached hydrogen (secondary N) is 1. The number of rotatable bonds is 12. The smallest absolute Gasteiger partial charge is 0.407 e. The zero-order valence-corrected chi connectivity index (χ0v) is 15.9. The lowest BCUT2D eigenvalue weighted by atomic mass is 9.93. The maximum atomic E-state index is 11.8. The Balaban J connectivity index is 4.68. The zero-order chi connectivity index (χ0) is 19.5. The molecule has 3 unspecified atom stereocenters. The van der Waals surface area contributed by atoms with Gasteiger partial charge in [0.05, 0.1) is 24.7 Å². The lowest BCUT2D eigenvalue weighted by molar-refractivity contribution is -0.148. The predicted octanol–water partition coefficient (Wildman–Crippen LogP) is 3.92. The van der Waals surface area contributed by atoms with E-state index in [-0.39, 0.29) is 12.6 Å². The van der Waals surface area contributed by atoms with Gasteiger partial charge in [0.15, 0.2) is 0 Å². The van der Waals surface area contributed by atoms with Crippen LogP contribution in [0.25, 0.3) is 0 Å². The van der Waals surface area contributed by atoms with Crippen LogP contribution in [0.5, 0.6) is 0 Å². The molecule has 0 aromatic carbocycles. The number of hydrogen-bond donors (Lipinski definition) is 2. The molecular weight excluding hydrogens is 322 g/mol. The second-order valence-corrected chi connectivity index (χ2v) is 7.10. The molecule has 0 aliphatic carbocycles. The van der Waals surface area contributed by atoms with Crippen molar-refractivity contribution >= 4 is 12.1 Å². The molecule has 0 aromatic heterocycles. The number of aliphatic carboxylic acids is 1. The van der Waals surface area contributed by atoms with Gasteiger partial charge in [-0.2, -0.15) is 0 Å². The summed E-state index contributed by atoms with van der Waals surface area (Å²) in [6, 6.07) is -0.296. The minimum absolute atomic E-state index is 0.207. The summed E-state index contributed by atoms with van der Waals surface area (Å²) in [6.45, 7) is 14.7. The van der Waals surface area contributed by atoms with Crippen LogP contribution in [-0.4, -0.2) is 41.5 Å². The zero-order valence-electron chi connectivity index (χ0n) is 15.9. The molecule has 6 nitrogen and oxygen atoms in total. The number of carbonyl (C=O) groups excluding carboxylic acids is 1. The number of carboxylic acids is 1. The fraction of sp³-hybridized carbons (Fsp3) is 0.684. The van der Waals surface area contributed by atoms with Crippen LogP contribution in [0.15, 0.2) is 25.3 Å². The molecule has 0 aliphatic rings. The highest BCUT2D eigenvalue weighted by Crippen LogP contribution is 2.20. The largest absolute Gasteiger partial charge is 0.481 e. The molecule has 0 bridgehead atoms. The van der Waals surface area contributed by atoms with Crippen LogP contribution in [0, 0.1) is 5.92 Å². The van der Waals surface area contributed by atoms with Gasteiger partial charge in [-0.25, -0.2) is 4.79 Å².